The summed E-state index contributed by atoms with van der Waals surface area (Å²) in [5.41, 5.74) is 4.56. The van der Waals surface area contributed by atoms with Crippen LogP contribution in [0.3, 0.4) is 0 Å². The number of benzene rings is 1. The van der Waals surface area contributed by atoms with E-state index in [-0.39, 0.29) is 29.8 Å². The van der Waals surface area contributed by atoms with Crippen LogP contribution in [-0.2, 0) is 20.1 Å². The predicted molar refractivity (Wildman–Crippen MR) is 131 cm³/mol. The molecule has 1 aliphatic heterocycles. The molecule has 1 aromatic heterocycles. The molecular weight excluding hydrogens is 494 g/mol. The summed E-state index contributed by atoms with van der Waals surface area (Å²) in [7, 11) is 1.97. The van der Waals surface area contributed by atoms with Crippen LogP contribution in [0.4, 0.5) is 4.39 Å². The number of aliphatic imine (C=N–C) groups is 1. The smallest absolute Gasteiger partial charge is 0.191 e. The largest absolute Gasteiger partial charge is 0.357 e. The van der Waals surface area contributed by atoms with Crippen molar-refractivity contribution >= 4 is 29.9 Å². The minimum absolute atomic E-state index is 0. The predicted octanol–water partition coefficient (Wildman–Crippen LogP) is 3.51. The maximum Gasteiger partial charge on any atom is 0.191 e. The van der Waals surface area contributed by atoms with Crippen LogP contribution in [0.1, 0.15) is 42.3 Å². The molecule has 1 fully saturated rings. The molecule has 0 unspecified atom stereocenters. The van der Waals surface area contributed by atoms with E-state index in [9.17, 15) is 4.39 Å². The number of halogens is 2. The number of aryl methyl sites for hydroxylation is 2. The van der Waals surface area contributed by atoms with Crippen LogP contribution in [0.5, 0.6) is 0 Å². The Kier molecular flexibility index (Phi) is 9.54. The Bertz CT molecular complexity index is 825. The van der Waals surface area contributed by atoms with E-state index in [4.69, 9.17) is 4.99 Å². The number of guanidine groups is 1. The quantitative estimate of drug-likeness (QED) is 0.343. The zero-order valence-electron chi connectivity index (χ0n) is 18.4. The second-order valence-electron chi connectivity index (χ2n) is 7.79. The average Bonchev–Trinajstić information content (AvgIpc) is 2.95. The van der Waals surface area contributed by atoms with E-state index >= 15 is 0 Å². The molecule has 6 nitrogen and oxygen atoms in total. The minimum Gasteiger partial charge on any atom is -0.357 e. The van der Waals surface area contributed by atoms with E-state index in [0.29, 0.717) is 12.6 Å². The Hall–Kier alpha value is -1.68. The fourth-order valence-corrected chi connectivity index (χ4v) is 3.80. The van der Waals surface area contributed by atoms with Gasteiger partial charge in [0, 0.05) is 50.5 Å². The number of piperidine rings is 1. The summed E-state index contributed by atoms with van der Waals surface area (Å²) < 4.78 is 15.0. The highest BCUT2D eigenvalue weighted by molar-refractivity contribution is 14.0. The van der Waals surface area contributed by atoms with Crippen LogP contribution in [0.15, 0.2) is 29.3 Å². The zero-order chi connectivity index (χ0) is 20.8. The lowest BCUT2D eigenvalue weighted by atomic mass is 10.0. The number of nitrogens with zero attached hydrogens (tertiary/aromatic N) is 4. The first kappa shape index (κ1) is 24.6. The summed E-state index contributed by atoms with van der Waals surface area (Å²) in [5, 5.41) is 11.4. The van der Waals surface area contributed by atoms with Crippen molar-refractivity contribution in [2.24, 2.45) is 12.0 Å². The van der Waals surface area contributed by atoms with Gasteiger partial charge in [0.2, 0.25) is 0 Å². The lowest BCUT2D eigenvalue weighted by molar-refractivity contribution is 0.198. The van der Waals surface area contributed by atoms with Crippen molar-refractivity contribution < 1.29 is 4.39 Å². The first-order valence-electron chi connectivity index (χ1n) is 10.5. The first-order chi connectivity index (χ1) is 14.0. The van der Waals surface area contributed by atoms with Crippen molar-refractivity contribution in [1.29, 1.82) is 0 Å². The van der Waals surface area contributed by atoms with Crippen LogP contribution >= 0.6 is 24.0 Å². The van der Waals surface area contributed by atoms with Gasteiger partial charge in [-0.3, -0.25) is 9.58 Å². The molecular formula is C22H34FIN6. The molecule has 0 saturated carbocycles. The molecule has 8 heteroatoms. The van der Waals surface area contributed by atoms with Crippen LogP contribution in [0, 0.1) is 19.7 Å². The van der Waals surface area contributed by atoms with E-state index in [0.717, 1.165) is 61.9 Å². The Balaban J connectivity index is 0.00000320. The second-order valence-corrected chi connectivity index (χ2v) is 7.79. The topological polar surface area (TPSA) is 57.5 Å². The number of rotatable bonds is 6. The molecule has 1 saturated heterocycles. The Morgan fingerprint density at radius 2 is 1.87 bits per heavy atom. The molecule has 30 heavy (non-hydrogen) atoms. The summed E-state index contributed by atoms with van der Waals surface area (Å²) in [4.78, 5) is 7.23. The summed E-state index contributed by atoms with van der Waals surface area (Å²) in [5.74, 6) is 0.690. The highest BCUT2D eigenvalue weighted by atomic mass is 127. The van der Waals surface area contributed by atoms with Gasteiger partial charge in [-0.2, -0.15) is 5.10 Å². The molecule has 166 valence electrons. The van der Waals surface area contributed by atoms with Gasteiger partial charge in [0.05, 0.1) is 12.2 Å². The molecule has 0 bridgehead atoms. The number of nitrogens with one attached hydrogen (secondary N) is 2. The van der Waals surface area contributed by atoms with Gasteiger partial charge in [-0.1, -0.05) is 12.1 Å². The standard InChI is InChI=1S/C22H33FN6.HI/c1-5-24-22(25-14-21-16(2)27-28(4)17(21)3)26-20-10-12-29(13-11-20)15-18-6-8-19(23)9-7-18;/h6-9,20H,5,10-15H2,1-4H3,(H2,24,25,26);1H. The SMILES string of the molecule is CCNC(=NCc1c(C)nn(C)c1C)NC1CCN(Cc2ccc(F)cc2)CC1.I. The van der Waals surface area contributed by atoms with Crippen molar-refractivity contribution in [1.82, 2.24) is 25.3 Å². The molecule has 2 N–H and O–H groups in total. The zero-order valence-corrected chi connectivity index (χ0v) is 20.7. The van der Waals surface area contributed by atoms with Crippen molar-refractivity contribution in [2.45, 2.75) is 52.7 Å². The molecule has 0 amide bonds. The lowest BCUT2D eigenvalue weighted by Crippen LogP contribution is -2.48. The van der Waals surface area contributed by atoms with Crippen molar-refractivity contribution in [3.63, 3.8) is 0 Å². The second kappa shape index (κ2) is 11.6. The Morgan fingerprint density at radius 1 is 1.20 bits per heavy atom. The van der Waals surface area contributed by atoms with Gasteiger partial charge in [0.25, 0.3) is 0 Å². The van der Waals surface area contributed by atoms with Gasteiger partial charge in [-0.05, 0) is 51.3 Å². The molecule has 1 aromatic carbocycles. The number of hydrogen-bond donors (Lipinski definition) is 2. The third-order valence-corrected chi connectivity index (χ3v) is 5.65. The van der Waals surface area contributed by atoms with E-state index in [1.807, 2.05) is 30.8 Å². The summed E-state index contributed by atoms with van der Waals surface area (Å²) in [6.07, 6.45) is 2.13. The fourth-order valence-electron chi connectivity index (χ4n) is 3.80. The molecule has 0 atom stereocenters. The van der Waals surface area contributed by atoms with Crippen LogP contribution < -0.4 is 10.6 Å². The maximum absolute atomic E-state index is 13.1. The van der Waals surface area contributed by atoms with E-state index in [2.05, 4.69) is 34.5 Å². The molecule has 2 heterocycles. The summed E-state index contributed by atoms with van der Waals surface area (Å²) in [6.45, 7) is 10.6. The lowest BCUT2D eigenvalue weighted by Gasteiger charge is -2.33. The van der Waals surface area contributed by atoms with Gasteiger partial charge < -0.3 is 10.6 Å². The highest BCUT2D eigenvalue weighted by Gasteiger charge is 2.20. The van der Waals surface area contributed by atoms with Crippen LogP contribution in [0.2, 0.25) is 0 Å². The summed E-state index contributed by atoms with van der Waals surface area (Å²) in [6, 6.07) is 7.23. The molecule has 2 aromatic rings. The number of hydrogen-bond acceptors (Lipinski definition) is 3. The molecule has 0 radical (unpaired) electrons. The summed E-state index contributed by atoms with van der Waals surface area (Å²) >= 11 is 0. The van der Waals surface area contributed by atoms with Crippen molar-refractivity contribution in [3.05, 3.63) is 52.6 Å². The van der Waals surface area contributed by atoms with Crippen molar-refractivity contribution in [3.8, 4) is 0 Å². The molecule has 0 aliphatic carbocycles. The Labute approximate surface area is 196 Å². The normalized spacial score (nSPS) is 15.7. The highest BCUT2D eigenvalue weighted by Crippen LogP contribution is 2.15. The maximum atomic E-state index is 13.1. The van der Waals surface area contributed by atoms with Crippen molar-refractivity contribution in [2.75, 3.05) is 19.6 Å². The van der Waals surface area contributed by atoms with E-state index in [1.165, 1.54) is 17.7 Å². The van der Waals surface area contributed by atoms with Crippen LogP contribution in [0.25, 0.3) is 0 Å². The van der Waals surface area contributed by atoms with Gasteiger partial charge in [-0.25, -0.2) is 9.38 Å². The Morgan fingerprint density at radius 3 is 2.43 bits per heavy atom. The first-order valence-corrected chi connectivity index (χ1v) is 10.5. The molecule has 3 rings (SSSR count). The average molecular weight is 528 g/mol. The molecule has 0 spiro atoms. The van der Waals surface area contributed by atoms with E-state index in [1.54, 1.807) is 0 Å². The fraction of sp³-hybridized carbons (Fsp3) is 0.545. The third-order valence-electron chi connectivity index (χ3n) is 5.65. The van der Waals surface area contributed by atoms with Gasteiger partial charge in [0.15, 0.2) is 5.96 Å². The van der Waals surface area contributed by atoms with Crippen LogP contribution in [-0.4, -0.2) is 46.3 Å². The number of likely N-dealkylation sites (tertiary alicyclic amines) is 1. The third kappa shape index (κ3) is 6.66. The van der Waals surface area contributed by atoms with Gasteiger partial charge >= 0.3 is 0 Å². The number of aromatic nitrogens is 2. The van der Waals surface area contributed by atoms with Gasteiger partial charge in [-0.15, -0.1) is 24.0 Å². The van der Waals surface area contributed by atoms with E-state index < -0.39 is 0 Å². The monoisotopic (exact) mass is 528 g/mol. The molecule has 1 aliphatic rings. The van der Waals surface area contributed by atoms with Gasteiger partial charge in [0.1, 0.15) is 5.82 Å². The minimum atomic E-state index is -0.177.